The molecule has 0 spiro atoms. The molecule has 0 aliphatic heterocycles. The van der Waals surface area contributed by atoms with Crippen LogP contribution in [0.3, 0.4) is 0 Å². The molecule has 0 aromatic heterocycles. The summed E-state index contributed by atoms with van der Waals surface area (Å²) >= 11 is 6.10. The largest absolute Gasteiger partial charge is 0.385 e. The number of hydrogen-bond acceptors (Lipinski definition) is 2. The summed E-state index contributed by atoms with van der Waals surface area (Å²) in [7, 11) is 1.69. The van der Waals surface area contributed by atoms with Crippen molar-refractivity contribution in [3.8, 4) is 0 Å². The fraction of sp³-hybridized carbons (Fsp3) is 0.600. The maximum atomic E-state index is 13.6. The van der Waals surface area contributed by atoms with Gasteiger partial charge in [0.25, 0.3) is 0 Å². The van der Waals surface area contributed by atoms with Gasteiger partial charge in [-0.2, -0.15) is 0 Å². The Balaban J connectivity index is 2.91. The number of ether oxygens (including phenoxy) is 1. The number of rotatable bonds is 8. The molecule has 1 aromatic carbocycles. The summed E-state index contributed by atoms with van der Waals surface area (Å²) in [5.74, 6) is -0.0350. The van der Waals surface area contributed by atoms with E-state index in [1.807, 2.05) is 6.07 Å². The van der Waals surface area contributed by atoms with Crippen molar-refractivity contribution in [3.63, 3.8) is 0 Å². The molecule has 2 nitrogen and oxygen atoms in total. The summed E-state index contributed by atoms with van der Waals surface area (Å²) in [5.41, 5.74) is 0.832. The standard InChI is InChI=1S/C15H23ClFNO/c1-4-9-18-15(11(2)8-10-19-3)12-6-5-7-13(17)14(12)16/h5-7,11,15,18H,4,8-10H2,1-3H3. The minimum absolute atomic E-state index is 0.0540. The van der Waals surface area contributed by atoms with Crippen LogP contribution in [0, 0.1) is 11.7 Å². The van der Waals surface area contributed by atoms with Crippen molar-refractivity contribution in [2.75, 3.05) is 20.3 Å². The lowest BCUT2D eigenvalue weighted by molar-refractivity contribution is 0.170. The SMILES string of the molecule is CCCNC(c1cccc(F)c1Cl)C(C)CCOC. The zero-order valence-electron chi connectivity index (χ0n) is 11.9. The fourth-order valence-corrected chi connectivity index (χ4v) is 2.39. The molecule has 4 heteroatoms. The molecule has 0 heterocycles. The van der Waals surface area contributed by atoms with E-state index in [1.165, 1.54) is 6.07 Å². The first-order valence-corrected chi connectivity index (χ1v) is 7.15. The highest BCUT2D eigenvalue weighted by molar-refractivity contribution is 6.31. The van der Waals surface area contributed by atoms with E-state index in [4.69, 9.17) is 16.3 Å². The predicted molar refractivity (Wildman–Crippen MR) is 78.1 cm³/mol. The molecule has 2 atom stereocenters. The van der Waals surface area contributed by atoms with Crippen molar-refractivity contribution >= 4 is 11.6 Å². The van der Waals surface area contributed by atoms with Crippen LogP contribution < -0.4 is 5.32 Å². The second-order valence-electron chi connectivity index (χ2n) is 4.83. The molecule has 0 aliphatic rings. The second-order valence-corrected chi connectivity index (χ2v) is 5.21. The zero-order chi connectivity index (χ0) is 14.3. The Bertz CT molecular complexity index is 386. The Morgan fingerprint density at radius 1 is 1.42 bits per heavy atom. The summed E-state index contributed by atoms with van der Waals surface area (Å²) in [5, 5.41) is 3.68. The first-order valence-electron chi connectivity index (χ1n) is 6.78. The number of nitrogens with one attached hydrogen (secondary N) is 1. The number of benzene rings is 1. The van der Waals surface area contributed by atoms with E-state index < -0.39 is 0 Å². The van der Waals surface area contributed by atoms with Crippen LogP contribution in [0.15, 0.2) is 18.2 Å². The van der Waals surface area contributed by atoms with Crippen LogP contribution in [0.1, 0.15) is 38.3 Å². The zero-order valence-corrected chi connectivity index (χ0v) is 12.6. The average molecular weight is 288 g/mol. The molecule has 0 saturated heterocycles. The van der Waals surface area contributed by atoms with Crippen molar-refractivity contribution < 1.29 is 9.13 Å². The molecular formula is C15H23ClFNO. The predicted octanol–water partition coefficient (Wildman–Crippen LogP) is 4.19. The molecule has 108 valence electrons. The van der Waals surface area contributed by atoms with Crippen LogP contribution >= 0.6 is 11.6 Å². The van der Waals surface area contributed by atoms with E-state index >= 15 is 0 Å². The quantitative estimate of drug-likeness (QED) is 0.774. The van der Waals surface area contributed by atoms with Crippen LogP contribution in [0.5, 0.6) is 0 Å². The lowest BCUT2D eigenvalue weighted by Gasteiger charge is -2.26. The van der Waals surface area contributed by atoms with Crippen molar-refractivity contribution in [1.82, 2.24) is 5.32 Å². The average Bonchev–Trinajstić information content (AvgIpc) is 2.41. The summed E-state index contributed by atoms with van der Waals surface area (Å²) in [6.45, 7) is 5.82. The lowest BCUT2D eigenvalue weighted by Crippen LogP contribution is -2.28. The highest BCUT2D eigenvalue weighted by Crippen LogP contribution is 2.31. The van der Waals surface area contributed by atoms with E-state index in [1.54, 1.807) is 13.2 Å². The van der Waals surface area contributed by atoms with Gasteiger partial charge >= 0.3 is 0 Å². The van der Waals surface area contributed by atoms with E-state index in [9.17, 15) is 4.39 Å². The first-order chi connectivity index (χ1) is 9.11. The second kappa shape index (κ2) is 8.51. The Morgan fingerprint density at radius 2 is 2.16 bits per heavy atom. The van der Waals surface area contributed by atoms with Gasteiger partial charge in [-0.1, -0.05) is 37.6 Å². The van der Waals surface area contributed by atoms with Gasteiger partial charge in [0.15, 0.2) is 0 Å². The minimum atomic E-state index is -0.360. The van der Waals surface area contributed by atoms with Gasteiger partial charge in [0.1, 0.15) is 5.82 Å². The highest BCUT2D eigenvalue weighted by Gasteiger charge is 2.22. The minimum Gasteiger partial charge on any atom is -0.385 e. The third-order valence-electron chi connectivity index (χ3n) is 3.28. The van der Waals surface area contributed by atoms with E-state index in [0.717, 1.165) is 24.9 Å². The Labute approximate surface area is 120 Å². The Hall–Kier alpha value is -0.640. The van der Waals surface area contributed by atoms with Crippen molar-refractivity contribution in [1.29, 1.82) is 0 Å². The summed E-state index contributed by atoms with van der Waals surface area (Å²) in [6, 6.07) is 5.04. The first kappa shape index (κ1) is 16.4. The molecule has 0 radical (unpaired) electrons. The van der Waals surface area contributed by atoms with Crippen molar-refractivity contribution in [2.45, 2.75) is 32.7 Å². The topological polar surface area (TPSA) is 21.3 Å². The fourth-order valence-electron chi connectivity index (χ4n) is 2.15. The van der Waals surface area contributed by atoms with Gasteiger partial charge in [0.05, 0.1) is 5.02 Å². The monoisotopic (exact) mass is 287 g/mol. The summed E-state index contributed by atoms with van der Waals surface area (Å²) in [6.07, 6.45) is 1.94. The van der Waals surface area contributed by atoms with E-state index in [2.05, 4.69) is 19.2 Å². The third-order valence-corrected chi connectivity index (χ3v) is 3.68. The molecular weight excluding hydrogens is 265 g/mol. The number of halogens is 2. The van der Waals surface area contributed by atoms with Crippen molar-refractivity contribution in [3.05, 3.63) is 34.6 Å². The molecule has 0 fully saturated rings. The molecule has 0 aliphatic carbocycles. The summed E-state index contributed by atoms with van der Waals surface area (Å²) < 4.78 is 18.7. The Kier molecular flexibility index (Phi) is 7.36. The van der Waals surface area contributed by atoms with Crippen LogP contribution in [0.25, 0.3) is 0 Å². The smallest absolute Gasteiger partial charge is 0.142 e. The number of hydrogen-bond donors (Lipinski definition) is 1. The molecule has 0 bridgehead atoms. The van der Waals surface area contributed by atoms with Gasteiger partial charge in [-0.05, 0) is 36.9 Å². The van der Waals surface area contributed by atoms with Gasteiger partial charge in [-0.15, -0.1) is 0 Å². The maximum Gasteiger partial charge on any atom is 0.142 e. The van der Waals surface area contributed by atoms with Gasteiger partial charge in [-0.25, -0.2) is 4.39 Å². The van der Waals surface area contributed by atoms with Crippen LogP contribution in [0.4, 0.5) is 4.39 Å². The molecule has 1 N–H and O–H groups in total. The van der Waals surface area contributed by atoms with E-state index in [0.29, 0.717) is 12.5 Å². The lowest BCUT2D eigenvalue weighted by atomic mass is 9.92. The van der Waals surface area contributed by atoms with Crippen LogP contribution in [-0.2, 0) is 4.74 Å². The molecule has 1 aromatic rings. The van der Waals surface area contributed by atoms with Gasteiger partial charge < -0.3 is 10.1 Å². The third kappa shape index (κ3) is 4.75. The van der Waals surface area contributed by atoms with Crippen LogP contribution in [0.2, 0.25) is 5.02 Å². The van der Waals surface area contributed by atoms with Crippen molar-refractivity contribution in [2.24, 2.45) is 5.92 Å². The molecule has 1 rings (SSSR count). The van der Waals surface area contributed by atoms with Gasteiger partial charge in [0.2, 0.25) is 0 Å². The number of methoxy groups -OCH3 is 1. The van der Waals surface area contributed by atoms with Gasteiger partial charge in [-0.3, -0.25) is 0 Å². The highest BCUT2D eigenvalue weighted by atomic mass is 35.5. The molecule has 2 unspecified atom stereocenters. The van der Waals surface area contributed by atoms with E-state index in [-0.39, 0.29) is 16.9 Å². The van der Waals surface area contributed by atoms with Gasteiger partial charge in [0, 0.05) is 19.8 Å². The molecule has 0 amide bonds. The van der Waals surface area contributed by atoms with Crippen LogP contribution in [-0.4, -0.2) is 20.3 Å². The normalized spacial score (nSPS) is 14.4. The molecule has 19 heavy (non-hydrogen) atoms. The maximum absolute atomic E-state index is 13.6. The Morgan fingerprint density at radius 3 is 2.79 bits per heavy atom. The molecule has 0 saturated carbocycles. The summed E-state index contributed by atoms with van der Waals surface area (Å²) in [4.78, 5) is 0.